The monoisotopic (exact) mass is 366 g/mol. The number of carbonyl (C=O) groups is 2. The molecule has 0 aliphatic heterocycles. The van der Waals surface area contributed by atoms with Crippen molar-refractivity contribution in [3.05, 3.63) is 22.7 Å². The minimum atomic E-state index is -0.596. The number of aromatic nitrogens is 2. The van der Waals surface area contributed by atoms with Crippen molar-refractivity contribution in [2.45, 2.75) is 52.2 Å². The third-order valence-electron chi connectivity index (χ3n) is 3.99. The highest BCUT2D eigenvalue weighted by Gasteiger charge is 2.20. The average molecular weight is 366 g/mol. The Balaban J connectivity index is 2.79. The summed E-state index contributed by atoms with van der Waals surface area (Å²) in [5.41, 5.74) is 10.5. The van der Waals surface area contributed by atoms with Crippen LogP contribution in [0, 0.1) is 0 Å². The first kappa shape index (κ1) is 21.8. The van der Waals surface area contributed by atoms with Crippen LogP contribution in [0.15, 0.2) is 17.1 Å². The summed E-state index contributed by atoms with van der Waals surface area (Å²) in [6.45, 7) is 6.20. The van der Waals surface area contributed by atoms with Crippen LogP contribution in [0.4, 0.5) is 5.82 Å². The Hall–Kier alpha value is -2.26. The van der Waals surface area contributed by atoms with Gasteiger partial charge in [0.2, 0.25) is 5.91 Å². The molecule has 0 saturated heterocycles. The first-order valence-corrected chi connectivity index (χ1v) is 8.83. The lowest BCUT2D eigenvalue weighted by molar-refractivity contribution is -0.135. The number of nitrogens with one attached hydrogen (secondary N) is 1. The molecule has 0 radical (unpaired) electrons. The van der Waals surface area contributed by atoms with E-state index >= 15 is 0 Å². The van der Waals surface area contributed by atoms with E-state index in [1.165, 1.54) is 28.7 Å². The summed E-state index contributed by atoms with van der Waals surface area (Å²) in [7, 11) is 0. The van der Waals surface area contributed by atoms with Gasteiger partial charge in [0.05, 0.1) is 6.54 Å². The van der Waals surface area contributed by atoms with Crippen LogP contribution in [0.3, 0.4) is 0 Å². The van der Waals surface area contributed by atoms with Gasteiger partial charge in [-0.3, -0.25) is 14.2 Å². The first-order chi connectivity index (χ1) is 12.3. The zero-order chi connectivity index (χ0) is 19.7. The molecule has 2 atom stereocenters. The van der Waals surface area contributed by atoms with Crippen molar-refractivity contribution in [3.63, 3.8) is 0 Å². The number of anilines is 1. The highest BCUT2D eigenvalue weighted by Crippen LogP contribution is 2.02. The van der Waals surface area contributed by atoms with Crippen LogP contribution in [0.5, 0.6) is 0 Å². The van der Waals surface area contributed by atoms with Gasteiger partial charge in [0, 0.05) is 24.8 Å². The zero-order valence-corrected chi connectivity index (χ0v) is 15.8. The van der Waals surface area contributed by atoms with E-state index in [1.807, 2.05) is 6.92 Å². The lowest BCUT2D eigenvalue weighted by atomic mass is 10.1. The van der Waals surface area contributed by atoms with E-state index in [-0.39, 0.29) is 42.7 Å². The number of nitrogen functional groups attached to an aromatic ring is 1. The molecule has 1 aromatic heterocycles. The van der Waals surface area contributed by atoms with Crippen LogP contribution < -0.4 is 22.5 Å². The second-order valence-corrected chi connectivity index (χ2v) is 6.49. The molecule has 1 aromatic rings. The predicted molar refractivity (Wildman–Crippen MR) is 101 cm³/mol. The molecule has 5 N–H and O–H groups in total. The number of rotatable bonds is 11. The number of ketones is 1. The van der Waals surface area contributed by atoms with E-state index in [1.54, 1.807) is 0 Å². The second-order valence-electron chi connectivity index (χ2n) is 6.49. The number of nitrogens with two attached hydrogens (primary N) is 2. The van der Waals surface area contributed by atoms with Crippen molar-refractivity contribution in [2.75, 3.05) is 25.4 Å². The van der Waals surface area contributed by atoms with E-state index < -0.39 is 5.69 Å². The molecular formula is C17H30N6O3. The van der Waals surface area contributed by atoms with Gasteiger partial charge in [-0.2, -0.15) is 4.98 Å². The Kier molecular flexibility index (Phi) is 8.94. The van der Waals surface area contributed by atoms with E-state index in [0.717, 1.165) is 12.8 Å². The predicted octanol–water partition coefficient (Wildman–Crippen LogP) is -0.651. The number of Topliss-reactive ketones (excluding diaryl/α,β-unsaturated/α-hetero) is 1. The second kappa shape index (κ2) is 10.7. The fraction of sp³-hybridized carbons (Fsp3) is 0.647. The van der Waals surface area contributed by atoms with Gasteiger partial charge in [-0.1, -0.05) is 6.92 Å². The van der Waals surface area contributed by atoms with Crippen molar-refractivity contribution >= 4 is 17.5 Å². The summed E-state index contributed by atoms with van der Waals surface area (Å²) in [5, 5.41) is 3.43. The Morgan fingerprint density at radius 3 is 2.65 bits per heavy atom. The number of hydrogen-bond acceptors (Lipinski definition) is 7. The molecule has 1 heterocycles. The van der Waals surface area contributed by atoms with Crippen molar-refractivity contribution in [1.82, 2.24) is 19.8 Å². The Bertz CT molecular complexity index is 660. The summed E-state index contributed by atoms with van der Waals surface area (Å²) in [5.74, 6) is -0.348. The van der Waals surface area contributed by atoms with Gasteiger partial charge in [-0.15, -0.1) is 0 Å². The Labute approximate surface area is 153 Å². The SMILES string of the molecule is CCC(CCN)N[C@@H](C)CN(CC(C)=O)C(=O)Cn1ccc(N)nc1=O. The van der Waals surface area contributed by atoms with Gasteiger partial charge < -0.3 is 21.7 Å². The summed E-state index contributed by atoms with van der Waals surface area (Å²) in [6.07, 6.45) is 3.19. The van der Waals surface area contributed by atoms with Crippen molar-refractivity contribution in [1.29, 1.82) is 0 Å². The van der Waals surface area contributed by atoms with Crippen LogP contribution in [0.1, 0.15) is 33.6 Å². The fourth-order valence-electron chi connectivity index (χ4n) is 2.72. The largest absolute Gasteiger partial charge is 0.383 e. The molecule has 1 amide bonds. The number of amides is 1. The van der Waals surface area contributed by atoms with Crippen LogP contribution in [-0.2, 0) is 16.1 Å². The fourth-order valence-corrected chi connectivity index (χ4v) is 2.72. The van der Waals surface area contributed by atoms with Gasteiger partial charge in [-0.25, -0.2) is 4.79 Å². The maximum atomic E-state index is 12.6. The molecule has 0 bridgehead atoms. The molecule has 0 saturated carbocycles. The Morgan fingerprint density at radius 2 is 2.12 bits per heavy atom. The van der Waals surface area contributed by atoms with E-state index in [9.17, 15) is 14.4 Å². The van der Waals surface area contributed by atoms with Crippen LogP contribution in [0.2, 0.25) is 0 Å². The minimum Gasteiger partial charge on any atom is -0.383 e. The average Bonchev–Trinajstić information content (AvgIpc) is 2.55. The van der Waals surface area contributed by atoms with Crippen molar-refractivity contribution < 1.29 is 9.59 Å². The zero-order valence-electron chi connectivity index (χ0n) is 15.8. The number of nitrogens with zero attached hydrogens (tertiary/aromatic N) is 3. The van der Waals surface area contributed by atoms with E-state index in [2.05, 4.69) is 17.2 Å². The summed E-state index contributed by atoms with van der Waals surface area (Å²) >= 11 is 0. The summed E-state index contributed by atoms with van der Waals surface area (Å²) in [6, 6.07) is 1.69. The summed E-state index contributed by atoms with van der Waals surface area (Å²) in [4.78, 5) is 41.0. The Morgan fingerprint density at radius 1 is 1.42 bits per heavy atom. The van der Waals surface area contributed by atoms with Gasteiger partial charge in [0.1, 0.15) is 18.1 Å². The minimum absolute atomic E-state index is 0.00428. The highest BCUT2D eigenvalue weighted by molar-refractivity contribution is 5.84. The van der Waals surface area contributed by atoms with Crippen LogP contribution in [-0.4, -0.2) is 57.9 Å². The quantitative estimate of drug-likeness (QED) is 0.473. The van der Waals surface area contributed by atoms with Gasteiger partial charge in [0.15, 0.2) is 0 Å². The third kappa shape index (κ3) is 7.32. The number of hydrogen-bond donors (Lipinski definition) is 3. The van der Waals surface area contributed by atoms with E-state index in [4.69, 9.17) is 11.5 Å². The molecule has 26 heavy (non-hydrogen) atoms. The molecule has 9 heteroatoms. The topological polar surface area (TPSA) is 136 Å². The van der Waals surface area contributed by atoms with Crippen molar-refractivity contribution in [3.8, 4) is 0 Å². The molecule has 0 aromatic carbocycles. The molecule has 9 nitrogen and oxygen atoms in total. The molecule has 0 spiro atoms. The smallest absolute Gasteiger partial charge is 0.349 e. The summed E-state index contributed by atoms with van der Waals surface area (Å²) < 4.78 is 1.17. The molecule has 1 rings (SSSR count). The third-order valence-corrected chi connectivity index (χ3v) is 3.99. The maximum absolute atomic E-state index is 12.6. The number of carbonyl (C=O) groups excluding carboxylic acids is 2. The van der Waals surface area contributed by atoms with Crippen LogP contribution >= 0.6 is 0 Å². The molecular weight excluding hydrogens is 336 g/mol. The normalized spacial score (nSPS) is 13.2. The van der Waals surface area contributed by atoms with E-state index in [0.29, 0.717) is 13.1 Å². The molecule has 1 unspecified atom stereocenters. The molecule has 146 valence electrons. The lowest BCUT2D eigenvalue weighted by Gasteiger charge is -2.28. The highest BCUT2D eigenvalue weighted by atomic mass is 16.2. The maximum Gasteiger partial charge on any atom is 0.349 e. The molecule has 0 fully saturated rings. The van der Waals surface area contributed by atoms with Crippen molar-refractivity contribution in [2.24, 2.45) is 5.73 Å². The van der Waals surface area contributed by atoms with Crippen LogP contribution in [0.25, 0.3) is 0 Å². The standard InChI is InChI=1S/C17H30N6O3/c1-4-14(5-7-18)20-12(2)9-23(10-13(3)24)16(25)11-22-8-6-15(19)21-17(22)26/h6,8,12,14,20H,4-5,7,9-11,18H2,1-3H3,(H2,19,21,26)/t12-,14?/m0/s1. The first-order valence-electron chi connectivity index (χ1n) is 8.83. The van der Waals surface area contributed by atoms with Gasteiger partial charge >= 0.3 is 5.69 Å². The van der Waals surface area contributed by atoms with Gasteiger partial charge in [-0.05, 0) is 39.3 Å². The van der Waals surface area contributed by atoms with Gasteiger partial charge in [0.25, 0.3) is 0 Å². The molecule has 0 aliphatic rings. The molecule has 0 aliphatic carbocycles. The lowest BCUT2D eigenvalue weighted by Crippen LogP contribution is -2.48.